The lowest BCUT2D eigenvalue weighted by atomic mass is 10.2. The van der Waals surface area contributed by atoms with Crippen molar-refractivity contribution in [2.45, 2.75) is 0 Å². The van der Waals surface area contributed by atoms with E-state index in [0.717, 1.165) is 17.0 Å². The highest BCUT2D eigenvalue weighted by Gasteiger charge is 1.99. The van der Waals surface area contributed by atoms with Crippen LogP contribution >= 0.6 is 0 Å². The van der Waals surface area contributed by atoms with Gasteiger partial charge in [-0.3, -0.25) is 0 Å². The first-order valence-corrected chi connectivity index (χ1v) is 8.24. The van der Waals surface area contributed by atoms with Gasteiger partial charge >= 0.3 is 0 Å². The van der Waals surface area contributed by atoms with E-state index in [0.29, 0.717) is 0 Å². The Kier molecular flexibility index (Phi) is 5.68. The summed E-state index contributed by atoms with van der Waals surface area (Å²) in [5, 5.41) is 0. The second kappa shape index (κ2) is 8.55. The molecular weight excluding hydrogens is 306 g/mol. The van der Waals surface area contributed by atoms with Crippen molar-refractivity contribution in [1.29, 1.82) is 0 Å². The molecular formula is C23H21NO. The Morgan fingerprint density at radius 2 is 1.28 bits per heavy atom. The molecule has 0 radical (unpaired) electrons. The summed E-state index contributed by atoms with van der Waals surface area (Å²) in [6.45, 7) is 0. The van der Waals surface area contributed by atoms with Crippen molar-refractivity contribution in [1.82, 2.24) is 0 Å². The Morgan fingerprint density at radius 1 is 0.680 bits per heavy atom. The summed E-state index contributed by atoms with van der Waals surface area (Å²) in [5.41, 5.74) is 3.36. The molecule has 0 amide bonds. The molecule has 0 saturated heterocycles. The summed E-state index contributed by atoms with van der Waals surface area (Å²) in [5.74, 6) is 0.855. The molecule has 0 unspecified atom stereocenters. The minimum Gasteiger partial charge on any atom is -0.497 e. The third-order valence-corrected chi connectivity index (χ3v) is 3.80. The van der Waals surface area contributed by atoms with Gasteiger partial charge in [-0.15, -0.1) is 0 Å². The first kappa shape index (κ1) is 16.6. The fourth-order valence-corrected chi connectivity index (χ4v) is 2.46. The summed E-state index contributed by atoms with van der Waals surface area (Å²) < 4.78 is 5.29. The van der Waals surface area contributed by atoms with Crippen LogP contribution in [-0.2, 0) is 0 Å². The highest BCUT2D eigenvalue weighted by molar-refractivity contribution is 5.63. The molecule has 0 spiro atoms. The Labute approximate surface area is 149 Å². The van der Waals surface area contributed by atoms with Crippen LogP contribution in [0.15, 0.2) is 97.3 Å². The highest BCUT2D eigenvalue weighted by atomic mass is 16.5. The number of hydrogen-bond donors (Lipinski definition) is 0. The van der Waals surface area contributed by atoms with Gasteiger partial charge in [0.15, 0.2) is 0 Å². The number of rotatable bonds is 6. The molecule has 124 valence electrons. The van der Waals surface area contributed by atoms with Gasteiger partial charge in [0.1, 0.15) is 5.75 Å². The van der Waals surface area contributed by atoms with E-state index in [1.807, 2.05) is 54.6 Å². The monoisotopic (exact) mass is 327 g/mol. The first-order chi connectivity index (χ1) is 12.3. The SMILES string of the molecule is COc1cccc(C=CN(C=Cc2ccccc2)c2ccccc2)c1. The van der Waals surface area contributed by atoms with Gasteiger partial charge in [0.2, 0.25) is 0 Å². The van der Waals surface area contributed by atoms with Gasteiger partial charge < -0.3 is 9.64 Å². The number of benzene rings is 3. The van der Waals surface area contributed by atoms with Gasteiger partial charge in [0.05, 0.1) is 7.11 Å². The molecule has 0 saturated carbocycles. The summed E-state index contributed by atoms with van der Waals surface area (Å²) >= 11 is 0. The van der Waals surface area contributed by atoms with Crippen LogP contribution in [0.1, 0.15) is 11.1 Å². The fraction of sp³-hybridized carbons (Fsp3) is 0.0435. The average Bonchev–Trinajstić information content (AvgIpc) is 2.69. The lowest BCUT2D eigenvalue weighted by Gasteiger charge is -2.15. The van der Waals surface area contributed by atoms with E-state index in [4.69, 9.17) is 4.74 Å². The summed E-state index contributed by atoms with van der Waals surface area (Å²) in [4.78, 5) is 2.10. The third kappa shape index (κ3) is 4.85. The molecule has 0 aliphatic heterocycles. The maximum absolute atomic E-state index is 5.29. The zero-order valence-corrected chi connectivity index (χ0v) is 14.2. The van der Waals surface area contributed by atoms with E-state index in [1.165, 1.54) is 5.56 Å². The molecule has 3 aromatic carbocycles. The number of hydrogen-bond acceptors (Lipinski definition) is 2. The van der Waals surface area contributed by atoms with Crippen LogP contribution in [0.5, 0.6) is 5.75 Å². The summed E-state index contributed by atoms with van der Waals surface area (Å²) in [6.07, 6.45) is 8.30. The Bertz CT molecular complexity index is 838. The van der Waals surface area contributed by atoms with Crippen LogP contribution in [0.25, 0.3) is 12.2 Å². The quantitative estimate of drug-likeness (QED) is 0.563. The van der Waals surface area contributed by atoms with Crippen molar-refractivity contribution >= 4 is 17.8 Å². The number of ether oxygens (including phenoxy) is 1. The van der Waals surface area contributed by atoms with E-state index < -0.39 is 0 Å². The highest BCUT2D eigenvalue weighted by Crippen LogP contribution is 2.18. The predicted molar refractivity (Wildman–Crippen MR) is 106 cm³/mol. The molecule has 0 bridgehead atoms. The van der Waals surface area contributed by atoms with Gasteiger partial charge in [-0.1, -0.05) is 60.7 Å². The predicted octanol–water partition coefficient (Wildman–Crippen LogP) is 5.84. The number of methoxy groups -OCH3 is 1. The smallest absolute Gasteiger partial charge is 0.119 e. The van der Waals surface area contributed by atoms with Crippen molar-refractivity contribution < 1.29 is 4.74 Å². The van der Waals surface area contributed by atoms with Crippen LogP contribution < -0.4 is 9.64 Å². The molecule has 0 N–H and O–H groups in total. The fourth-order valence-electron chi connectivity index (χ4n) is 2.46. The average molecular weight is 327 g/mol. The third-order valence-electron chi connectivity index (χ3n) is 3.80. The molecule has 0 aromatic heterocycles. The molecule has 0 aliphatic rings. The standard InChI is InChI=1S/C23H21NO/c1-25-23-14-8-11-21(19-23)16-18-24(22-12-6-3-7-13-22)17-15-20-9-4-2-5-10-20/h2-19H,1H3. The zero-order chi connectivity index (χ0) is 17.3. The second-order valence-electron chi connectivity index (χ2n) is 5.56. The van der Waals surface area contributed by atoms with Gasteiger partial charge in [-0.25, -0.2) is 0 Å². The van der Waals surface area contributed by atoms with Crippen LogP contribution in [0.3, 0.4) is 0 Å². The Hall–Kier alpha value is -3.26. The van der Waals surface area contributed by atoms with Crippen molar-refractivity contribution in [2.24, 2.45) is 0 Å². The van der Waals surface area contributed by atoms with Gasteiger partial charge in [0, 0.05) is 18.1 Å². The molecule has 3 aromatic rings. The van der Waals surface area contributed by atoms with Crippen molar-refractivity contribution in [3.63, 3.8) is 0 Å². The molecule has 2 nitrogen and oxygen atoms in total. The first-order valence-electron chi connectivity index (χ1n) is 8.24. The normalized spacial score (nSPS) is 11.1. The van der Waals surface area contributed by atoms with Crippen LogP contribution in [0.2, 0.25) is 0 Å². The summed E-state index contributed by atoms with van der Waals surface area (Å²) in [6, 6.07) is 28.6. The van der Waals surface area contributed by atoms with Crippen LogP contribution in [-0.4, -0.2) is 7.11 Å². The van der Waals surface area contributed by atoms with Gasteiger partial charge in [-0.05, 0) is 47.5 Å². The van der Waals surface area contributed by atoms with Gasteiger partial charge in [0.25, 0.3) is 0 Å². The second-order valence-corrected chi connectivity index (χ2v) is 5.56. The van der Waals surface area contributed by atoms with Crippen LogP contribution in [0, 0.1) is 0 Å². The van der Waals surface area contributed by atoms with E-state index in [1.54, 1.807) is 7.11 Å². The van der Waals surface area contributed by atoms with Crippen molar-refractivity contribution in [2.75, 3.05) is 12.0 Å². The molecule has 0 atom stereocenters. The summed E-state index contributed by atoms with van der Waals surface area (Å²) in [7, 11) is 1.68. The molecule has 0 heterocycles. The minimum atomic E-state index is 0.855. The molecule has 25 heavy (non-hydrogen) atoms. The van der Waals surface area contributed by atoms with E-state index in [-0.39, 0.29) is 0 Å². The number of para-hydroxylation sites is 1. The van der Waals surface area contributed by atoms with E-state index in [2.05, 4.69) is 59.8 Å². The largest absolute Gasteiger partial charge is 0.497 e. The Balaban J connectivity index is 1.86. The van der Waals surface area contributed by atoms with Gasteiger partial charge in [-0.2, -0.15) is 0 Å². The van der Waals surface area contributed by atoms with E-state index in [9.17, 15) is 0 Å². The molecule has 0 fully saturated rings. The molecule has 3 rings (SSSR count). The minimum absolute atomic E-state index is 0.855. The topological polar surface area (TPSA) is 12.5 Å². The number of anilines is 1. The zero-order valence-electron chi connectivity index (χ0n) is 14.2. The van der Waals surface area contributed by atoms with E-state index >= 15 is 0 Å². The van der Waals surface area contributed by atoms with Crippen LogP contribution in [0.4, 0.5) is 5.69 Å². The maximum Gasteiger partial charge on any atom is 0.119 e. The van der Waals surface area contributed by atoms with Crippen molar-refractivity contribution in [3.05, 3.63) is 108 Å². The Morgan fingerprint density at radius 3 is 1.96 bits per heavy atom. The number of nitrogens with zero attached hydrogens (tertiary/aromatic N) is 1. The lowest BCUT2D eigenvalue weighted by Crippen LogP contribution is -2.06. The molecule has 0 aliphatic carbocycles. The maximum atomic E-state index is 5.29. The van der Waals surface area contributed by atoms with Crippen molar-refractivity contribution in [3.8, 4) is 5.75 Å². The molecule has 2 heteroatoms. The lowest BCUT2D eigenvalue weighted by molar-refractivity contribution is 0.414.